The minimum atomic E-state index is 0.0327. The number of rotatable bonds is 5. The maximum atomic E-state index is 10.0. The van der Waals surface area contributed by atoms with E-state index in [-0.39, 0.29) is 12.0 Å². The summed E-state index contributed by atoms with van der Waals surface area (Å²) in [7, 11) is 0. The number of allylic oxidation sites excluding steroid dienone is 5. The van der Waals surface area contributed by atoms with E-state index < -0.39 is 0 Å². The Labute approximate surface area is 321 Å². The quantitative estimate of drug-likeness (QED) is 0.179. The lowest BCUT2D eigenvalue weighted by Gasteiger charge is -2.37. The van der Waals surface area contributed by atoms with Crippen molar-refractivity contribution in [2.75, 3.05) is 4.90 Å². The highest BCUT2D eigenvalue weighted by Gasteiger charge is 2.42. The van der Waals surface area contributed by atoms with Gasteiger partial charge in [-0.3, -0.25) is 0 Å². The van der Waals surface area contributed by atoms with Gasteiger partial charge in [-0.2, -0.15) is 10.5 Å². The molecule has 0 saturated heterocycles. The van der Waals surface area contributed by atoms with Gasteiger partial charge in [0.25, 0.3) is 0 Å². The topological polar surface area (TPSA) is 55.8 Å². The Balaban J connectivity index is 1.14. The first-order valence-electron chi connectivity index (χ1n) is 18.9. The van der Waals surface area contributed by atoms with Gasteiger partial charge in [0.05, 0.1) is 40.0 Å². The summed E-state index contributed by atoms with van der Waals surface area (Å²) < 4.78 is 2.23. The molecule has 4 heteroatoms. The molecule has 3 aliphatic rings. The van der Waals surface area contributed by atoms with Crippen molar-refractivity contribution in [3.8, 4) is 29.0 Å². The number of para-hydroxylation sites is 3. The van der Waals surface area contributed by atoms with Crippen LogP contribution >= 0.6 is 0 Å². The zero-order valence-corrected chi connectivity index (χ0v) is 30.4. The molecule has 0 N–H and O–H groups in total. The van der Waals surface area contributed by atoms with Crippen molar-refractivity contribution < 1.29 is 0 Å². The van der Waals surface area contributed by atoms with Crippen LogP contribution < -0.4 is 4.90 Å². The number of fused-ring (bicyclic) bond motifs is 6. The molecule has 7 aromatic rings. The third-order valence-electron chi connectivity index (χ3n) is 11.6. The molecular formula is C51H36N4. The Hall–Kier alpha value is -7.14. The van der Waals surface area contributed by atoms with Gasteiger partial charge in [-0.15, -0.1) is 0 Å². The summed E-state index contributed by atoms with van der Waals surface area (Å²) in [4.78, 5) is 2.45. The second-order valence-corrected chi connectivity index (χ2v) is 14.8. The summed E-state index contributed by atoms with van der Waals surface area (Å²) in [6.07, 6.45) is 12.6. The SMILES string of the molecule is CC1C=CC(C2C=CC=C3c4ccccc4N(c4cccc(C#N)c4)C32)=C(c2ccccc2-c2ccc3c(c2)c2ccccc2n3-c2ccccc2C#N)C1. The summed E-state index contributed by atoms with van der Waals surface area (Å²) >= 11 is 0. The van der Waals surface area contributed by atoms with Gasteiger partial charge in [0, 0.05) is 33.6 Å². The number of hydrogen-bond acceptors (Lipinski definition) is 3. The van der Waals surface area contributed by atoms with E-state index in [2.05, 4.69) is 156 Å². The van der Waals surface area contributed by atoms with E-state index in [4.69, 9.17) is 0 Å². The molecule has 3 unspecified atom stereocenters. The van der Waals surface area contributed by atoms with Crippen molar-refractivity contribution >= 4 is 44.3 Å². The fourth-order valence-corrected chi connectivity index (χ4v) is 9.22. The summed E-state index contributed by atoms with van der Waals surface area (Å²) in [5.74, 6) is 0.463. The number of nitriles is 2. The van der Waals surface area contributed by atoms with Crippen molar-refractivity contribution in [3.63, 3.8) is 0 Å². The zero-order valence-electron chi connectivity index (χ0n) is 30.4. The molecule has 0 amide bonds. The predicted octanol–water partition coefficient (Wildman–Crippen LogP) is 12.3. The zero-order chi connectivity index (χ0) is 37.0. The lowest BCUT2D eigenvalue weighted by Crippen LogP contribution is -2.36. The van der Waals surface area contributed by atoms with Gasteiger partial charge in [-0.1, -0.05) is 122 Å². The van der Waals surface area contributed by atoms with E-state index in [1.54, 1.807) is 0 Å². The molecule has 4 nitrogen and oxygen atoms in total. The lowest BCUT2D eigenvalue weighted by molar-refractivity contribution is 0.655. The van der Waals surface area contributed by atoms with Crippen LogP contribution in [0.5, 0.6) is 0 Å². The van der Waals surface area contributed by atoms with Gasteiger partial charge < -0.3 is 9.47 Å². The molecular weight excluding hydrogens is 669 g/mol. The van der Waals surface area contributed by atoms with Crippen LogP contribution in [0.3, 0.4) is 0 Å². The Kier molecular flexibility index (Phi) is 7.72. The van der Waals surface area contributed by atoms with Gasteiger partial charge in [0.2, 0.25) is 0 Å². The third kappa shape index (κ3) is 5.19. The predicted molar refractivity (Wildman–Crippen MR) is 225 cm³/mol. The van der Waals surface area contributed by atoms with Gasteiger partial charge in [-0.25, -0.2) is 0 Å². The molecule has 55 heavy (non-hydrogen) atoms. The Morgan fingerprint density at radius 3 is 2.24 bits per heavy atom. The lowest BCUT2D eigenvalue weighted by atomic mass is 9.74. The maximum absolute atomic E-state index is 10.0. The monoisotopic (exact) mass is 704 g/mol. The minimum absolute atomic E-state index is 0.0327. The standard InChI is InChI=1S/C51H36N4/c1-33-24-26-40(43-19-11-20-44-41-17-5-8-22-48(41)54(51(43)44)37-14-10-12-34(29-37)31-52)45(28-33)39-16-4-3-15-38(39)35-25-27-50-46(30-35)42-18-6-9-23-49(42)55(50)47-21-7-2-13-36(47)32-53/h2-27,29-30,33,43,51H,28H2,1H3. The van der Waals surface area contributed by atoms with Crippen molar-refractivity contribution in [1.82, 2.24) is 4.57 Å². The van der Waals surface area contributed by atoms with Crippen LogP contribution in [0.4, 0.5) is 11.4 Å². The molecule has 2 heterocycles. The Bertz CT molecular complexity index is 2920. The molecule has 260 valence electrons. The molecule has 0 spiro atoms. The van der Waals surface area contributed by atoms with Crippen LogP contribution in [0.2, 0.25) is 0 Å². The normalized spacial score (nSPS) is 18.6. The number of hydrogen-bond donors (Lipinski definition) is 0. The van der Waals surface area contributed by atoms with Crippen LogP contribution in [-0.4, -0.2) is 10.6 Å². The summed E-state index contributed by atoms with van der Waals surface area (Å²) in [5, 5.41) is 22.2. The summed E-state index contributed by atoms with van der Waals surface area (Å²) in [6, 6.07) is 53.5. The van der Waals surface area contributed by atoms with Gasteiger partial charge in [-0.05, 0) is 100 Å². The van der Waals surface area contributed by atoms with E-state index in [1.807, 2.05) is 42.5 Å². The van der Waals surface area contributed by atoms with E-state index in [1.165, 1.54) is 39.1 Å². The first kappa shape index (κ1) is 32.5. The van der Waals surface area contributed by atoms with Crippen LogP contribution in [0.25, 0.3) is 49.8 Å². The van der Waals surface area contributed by atoms with Gasteiger partial charge in [0.15, 0.2) is 0 Å². The largest absolute Gasteiger partial charge is 0.332 e. The molecule has 1 aromatic heterocycles. The van der Waals surface area contributed by atoms with Crippen LogP contribution in [0.15, 0.2) is 175 Å². The fourth-order valence-electron chi connectivity index (χ4n) is 9.22. The van der Waals surface area contributed by atoms with Crippen molar-refractivity contribution in [1.29, 1.82) is 10.5 Å². The highest BCUT2D eigenvalue weighted by atomic mass is 15.2. The van der Waals surface area contributed by atoms with Crippen molar-refractivity contribution in [2.45, 2.75) is 19.4 Å². The average molecular weight is 705 g/mol. The molecule has 1 aliphatic heterocycles. The van der Waals surface area contributed by atoms with E-state index in [0.717, 1.165) is 45.2 Å². The van der Waals surface area contributed by atoms with Gasteiger partial charge in [0.1, 0.15) is 6.07 Å². The van der Waals surface area contributed by atoms with Crippen LogP contribution in [0, 0.1) is 34.5 Å². The smallest absolute Gasteiger partial charge is 0.101 e. The summed E-state index contributed by atoms with van der Waals surface area (Å²) in [6.45, 7) is 2.31. The highest BCUT2D eigenvalue weighted by molar-refractivity contribution is 6.11. The first-order valence-corrected chi connectivity index (χ1v) is 18.9. The maximum Gasteiger partial charge on any atom is 0.101 e. The van der Waals surface area contributed by atoms with Crippen molar-refractivity contribution in [3.05, 3.63) is 198 Å². The molecule has 0 bridgehead atoms. The van der Waals surface area contributed by atoms with E-state index >= 15 is 0 Å². The second kappa shape index (κ2) is 13.1. The van der Waals surface area contributed by atoms with E-state index in [9.17, 15) is 10.5 Å². The highest BCUT2D eigenvalue weighted by Crippen LogP contribution is 2.52. The van der Waals surface area contributed by atoms with E-state index in [0.29, 0.717) is 17.0 Å². The molecule has 2 aliphatic carbocycles. The van der Waals surface area contributed by atoms with Crippen LogP contribution in [0.1, 0.15) is 35.6 Å². The molecule has 6 aromatic carbocycles. The first-order chi connectivity index (χ1) is 27.1. The number of anilines is 2. The van der Waals surface area contributed by atoms with Crippen molar-refractivity contribution in [2.24, 2.45) is 11.8 Å². The minimum Gasteiger partial charge on any atom is -0.332 e. The molecule has 0 saturated carbocycles. The molecule has 3 atom stereocenters. The number of benzene rings is 6. The molecule has 10 rings (SSSR count). The Morgan fingerprint density at radius 1 is 0.636 bits per heavy atom. The van der Waals surface area contributed by atoms with Crippen LogP contribution in [-0.2, 0) is 0 Å². The molecule has 0 fully saturated rings. The van der Waals surface area contributed by atoms with Gasteiger partial charge >= 0.3 is 0 Å². The fraction of sp³-hybridized carbons (Fsp3) is 0.0980. The summed E-state index contributed by atoms with van der Waals surface area (Å²) in [5.41, 5.74) is 15.4. The molecule has 0 radical (unpaired) electrons. The Morgan fingerprint density at radius 2 is 1.38 bits per heavy atom. The third-order valence-corrected chi connectivity index (χ3v) is 11.6. The average Bonchev–Trinajstić information content (AvgIpc) is 3.76. The number of nitrogens with zero attached hydrogens (tertiary/aromatic N) is 4. The number of aromatic nitrogens is 1. The second-order valence-electron chi connectivity index (χ2n) is 14.8.